The Bertz CT molecular complexity index is 1190. The predicted octanol–water partition coefficient (Wildman–Crippen LogP) is 4.40. The molecule has 0 radical (unpaired) electrons. The number of rotatable bonds is 4. The lowest BCUT2D eigenvalue weighted by molar-refractivity contribution is 0.102. The molecule has 32 heavy (non-hydrogen) atoms. The molecule has 164 valence electrons. The Morgan fingerprint density at radius 2 is 1.91 bits per heavy atom. The molecule has 1 amide bonds. The van der Waals surface area contributed by atoms with Crippen molar-refractivity contribution >= 4 is 22.9 Å². The first kappa shape index (κ1) is 21.6. The van der Waals surface area contributed by atoms with Crippen molar-refractivity contribution in [2.75, 3.05) is 11.1 Å². The number of pyridine rings is 2. The van der Waals surface area contributed by atoms with Gasteiger partial charge in [0.25, 0.3) is 5.91 Å². The Morgan fingerprint density at radius 3 is 2.62 bits per heavy atom. The molecule has 0 fully saturated rings. The van der Waals surface area contributed by atoms with E-state index < -0.39 is 17.5 Å². The molecule has 1 aliphatic rings. The third kappa shape index (κ3) is 4.22. The molecule has 1 aliphatic carbocycles. The number of anilines is 2. The van der Waals surface area contributed by atoms with E-state index in [0.29, 0.717) is 11.6 Å². The average molecular weight is 435 g/mol. The van der Waals surface area contributed by atoms with Gasteiger partial charge in [0.05, 0.1) is 28.8 Å². The van der Waals surface area contributed by atoms with Crippen LogP contribution in [-0.2, 0) is 0 Å². The highest BCUT2D eigenvalue weighted by Gasteiger charge is 2.22. The molecule has 0 bridgehead atoms. The highest BCUT2D eigenvalue weighted by molar-refractivity contribution is 6.07. The molecule has 2 atom stereocenters. The number of carbonyl (C=O) groups is 1. The molecule has 0 saturated carbocycles. The van der Waals surface area contributed by atoms with Crippen LogP contribution in [0.5, 0.6) is 0 Å². The van der Waals surface area contributed by atoms with E-state index in [1.807, 2.05) is 12.1 Å². The minimum Gasteiger partial charge on any atom is -0.397 e. The Balaban J connectivity index is 1.67. The Kier molecular flexibility index (Phi) is 5.96. The maximum atomic E-state index is 14.2. The van der Waals surface area contributed by atoms with Gasteiger partial charge >= 0.3 is 0 Å². The van der Waals surface area contributed by atoms with E-state index in [9.17, 15) is 13.6 Å². The molecule has 3 aromatic rings. The highest BCUT2D eigenvalue weighted by atomic mass is 19.1. The molecule has 1 aromatic carbocycles. The lowest BCUT2D eigenvalue weighted by Crippen LogP contribution is -2.29. The molecule has 5 N–H and O–H groups in total. The van der Waals surface area contributed by atoms with Gasteiger partial charge in [0.15, 0.2) is 5.69 Å². The quantitative estimate of drug-likeness (QED) is 0.563. The van der Waals surface area contributed by atoms with Crippen LogP contribution in [0.25, 0.3) is 16.8 Å². The van der Waals surface area contributed by atoms with Crippen molar-refractivity contribution in [3.05, 3.63) is 77.8 Å². The number of aromatic nitrogens is 2. The summed E-state index contributed by atoms with van der Waals surface area (Å²) in [7, 11) is 0. The summed E-state index contributed by atoms with van der Waals surface area (Å²) in [5.74, 6) is -1.79. The zero-order chi connectivity index (χ0) is 22.8. The van der Waals surface area contributed by atoms with Crippen molar-refractivity contribution in [1.82, 2.24) is 9.97 Å². The van der Waals surface area contributed by atoms with Crippen LogP contribution in [0.1, 0.15) is 35.8 Å². The standard InChI is InChI=1S/C24H23F2N5O/c1-13-5-6-14(11-19(13)28)15-9-10-29-12-21(15)31-24(32)23-18(27)7-8-20(30-23)22-16(25)3-2-4-17(22)26/h2-4,7-13,19H,5-6,27-28H2,1H3,(H,31,32). The first-order valence-corrected chi connectivity index (χ1v) is 10.3. The van der Waals surface area contributed by atoms with Crippen LogP contribution in [0.15, 0.2) is 54.9 Å². The van der Waals surface area contributed by atoms with Gasteiger partial charge in [-0.05, 0) is 54.7 Å². The minimum atomic E-state index is -0.780. The van der Waals surface area contributed by atoms with Gasteiger partial charge in [-0.1, -0.05) is 19.1 Å². The normalized spacial score (nSPS) is 18.2. The smallest absolute Gasteiger partial charge is 0.276 e. The molecule has 2 heterocycles. The molecule has 2 unspecified atom stereocenters. The summed E-state index contributed by atoms with van der Waals surface area (Å²) < 4.78 is 28.4. The van der Waals surface area contributed by atoms with Crippen molar-refractivity contribution < 1.29 is 13.6 Å². The summed E-state index contributed by atoms with van der Waals surface area (Å²) in [4.78, 5) is 21.3. The van der Waals surface area contributed by atoms with Crippen molar-refractivity contribution in [1.29, 1.82) is 0 Å². The largest absolute Gasteiger partial charge is 0.397 e. The summed E-state index contributed by atoms with van der Waals surface area (Å²) in [6.45, 7) is 2.10. The molecule has 0 spiro atoms. The highest BCUT2D eigenvalue weighted by Crippen LogP contribution is 2.33. The van der Waals surface area contributed by atoms with Gasteiger partial charge in [-0.2, -0.15) is 0 Å². The lowest BCUT2D eigenvalue weighted by atomic mass is 9.84. The Labute approximate surface area is 184 Å². The molecule has 0 aliphatic heterocycles. The van der Waals surface area contributed by atoms with Crippen molar-refractivity contribution in [2.24, 2.45) is 11.7 Å². The van der Waals surface area contributed by atoms with Gasteiger partial charge < -0.3 is 16.8 Å². The molecule has 8 heteroatoms. The fourth-order valence-electron chi connectivity index (χ4n) is 3.77. The van der Waals surface area contributed by atoms with Gasteiger partial charge in [0, 0.05) is 17.8 Å². The van der Waals surface area contributed by atoms with Crippen LogP contribution >= 0.6 is 0 Å². The topological polar surface area (TPSA) is 107 Å². The number of allylic oxidation sites excluding steroid dienone is 1. The zero-order valence-electron chi connectivity index (χ0n) is 17.5. The van der Waals surface area contributed by atoms with Crippen LogP contribution in [0.4, 0.5) is 20.2 Å². The number of nitrogen functional groups attached to an aromatic ring is 1. The molecular formula is C24H23F2N5O. The fourth-order valence-corrected chi connectivity index (χ4v) is 3.77. The van der Waals surface area contributed by atoms with Crippen LogP contribution in [0.3, 0.4) is 0 Å². The third-order valence-electron chi connectivity index (χ3n) is 5.70. The van der Waals surface area contributed by atoms with Gasteiger partial charge in [0.2, 0.25) is 0 Å². The summed E-state index contributed by atoms with van der Waals surface area (Å²) in [5.41, 5.74) is 14.1. The fraction of sp³-hybridized carbons (Fsp3) is 0.208. The number of benzene rings is 1. The molecule has 2 aromatic heterocycles. The zero-order valence-corrected chi connectivity index (χ0v) is 17.5. The van der Waals surface area contributed by atoms with Gasteiger partial charge in [0.1, 0.15) is 11.6 Å². The molecular weight excluding hydrogens is 412 g/mol. The number of nitrogens with zero attached hydrogens (tertiary/aromatic N) is 2. The van der Waals surface area contributed by atoms with Gasteiger partial charge in [-0.25, -0.2) is 13.8 Å². The summed E-state index contributed by atoms with van der Waals surface area (Å²) in [6, 6.07) is 8.03. The van der Waals surface area contributed by atoms with E-state index in [0.717, 1.165) is 36.1 Å². The molecule has 4 rings (SSSR count). The van der Waals surface area contributed by atoms with E-state index in [2.05, 4.69) is 22.2 Å². The molecule has 0 saturated heterocycles. The number of nitrogens with one attached hydrogen (secondary N) is 1. The van der Waals surface area contributed by atoms with Crippen LogP contribution < -0.4 is 16.8 Å². The maximum Gasteiger partial charge on any atom is 0.276 e. The lowest BCUT2D eigenvalue weighted by Gasteiger charge is -2.25. The third-order valence-corrected chi connectivity index (χ3v) is 5.70. The number of halogens is 2. The van der Waals surface area contributed by atoms with E-state index >= 15 is 0 Å². The second kappa shape index (κ2) is 8.84. The minimum absolute atomic E-state index is 0.0266. The van der Waals surface area contributed by atoms with E-state index in [4.69, 9.17) is 11.5 Å². The predicted molar refractivity (Wildman–Crippen MR) is 121 cm³/mol. The Morgan fingerprint density at radius 1 is 1.16 bits per heavy atom. The van der Waals surface area contributed by atoms with Crippen molar-refractivity contribution in [2.45, 2.75) is 25.8 Å². The van der Waals surface area contributed by atoms with E-state index in [1.165, 1.54) is 24.4 Å². The maximum absolute atomic E-state index is 14.2. The second-order valence-corrected chi connectivity index (χ2v) is 7.89. The first-order valence-electron chi connectivity index (χ1n) is 10.3. The van der Waals surface area contributed by atoms with Gasteiger partial charge in [-0.15, -0.1) is 0 Å². The van der Waals surface area contributed by atoms with E-state index in [1.54, 1.807) is 6.20 Å². The monoisotopic (exact) mass is 435 g/mol. The summed E-state index contributed by atoms with van der Waals surface area (Å²) >= 11 is 0. The number of hydrogen-bond acceptors (Lipinski definition) is 5. The number of nitrogens with two attached hydrogens (primary N) is 2. The SMILES string of the molecule is CC1CCC(c2ccncc2NC(=O)c2nc(-c3c(F)cccc3F)ccc2N)=CC1N. The summed E-state index contributed by atoms with van der Waals surface area (Å²) in [5, 5.41) is 2.79. The van der Waals surface area contributed by atoms with Gasteiger partial charge in [-0.3, -0.25) is 9.78 Å². The Hall–Kier alpha value is -3.65. The number of hydrogen-bond donors (Lipinski definition) is 3. The average Bonchev–Trinajstić information content (AvgIpc) is 2.77. The van der Waals surface area contributed by atoms with Crippen LogP contribution in [-0.4, -0.2) is 21.9 Å². The number of amides is 1. The van der Waals surface area contributed by atoms with Crippen LogP contribution in [0, 0.1) is 17.6 Å². The molecule has 6 nitrogen and oxygen atoms in total. The van der Waals surface area contributed by atoms with E-state index in [-0.39, 0.29) is 28.7 Å². The second-order valence-electron chi connectivity index (χ2n) is 7.89. The summed E-state index contributed by atoms with van der Waals surface area (Å²) in [6.07, 6.45) is 6.95. The van der Waals surface area contributed by atoms with Crippen molar-refractivity contribution in [3.63, 3.8) is 0 Å². The number of carbonyl (C=O) groups excluding carboxylic acids is 1. The van der Waals surface area contributed by atoms with Crippen LogP contribution in [0.2, 0.25) is 0 Å². The van der Waals surface area contributed by atoms with Crippen molar-refractivity contribution in [3.8, 4) is 11.3 Å². The first-order chi connectivity index (χ1) is 15.3.